The maximum absolute atomic E-state index is 9.05. The molecule has 2 rings (SSSR count). The maximum Gasteiger partial charge on any atom is 0.136 e. The Balaban J connectivity index is 2.27. The van der Waals surface area contributed by atoms with Crippen LogP contribution in [0, 0.1) is 0 Å². The molecule has 17 heavy (non-hydrogen) atoms. The monoisotopic (exact) mass is 236 g/mol. The first-order chi connectivity index (χ1) is 8.28. The van der Waals surface area contributed by atoms with Crippen molar-refractivity contribution in [2.75, 3.05) is 37.0 Å². The molecule has 0 spiro atoms. The van der Waals surface area contributed by atoms with Crippen molar-refractivity contribution in [1.29, 1.82) is 0 Å². The molecule has 0 bridgehead atoms. The number of anilines is 2. The minimum atomic E-state index is 0.144. The summed E-state index contributed by atoms with van der Waals surface area (Å²) in [6.45, 7) is 3.66. The lowest BCUT2D eigenvalue weighted by molar-refractivity contribution is 0.302. The lowest BCUT2D eigenvalue weighted by Gasteiger charge is -2.21. The molecule has 0 unspecified atom stereocenters. The number of aliphatic hydroxyl groups excluding tert-OH is 1. The average molecular weight is 236 g/mol. The summed E-state index contributed by atoms with van der Waals surface area (Å²) in [5.41, 5.74) is 0. The van der Waals surface area contributed by atoms with Crippen molar-refractivity contribution in [2.45, 2.75) is 25.7 Å². The van der Waals surface area contributed by atoms with Crippen LogP contribution >= 0.6 is 0 Å². The van der Waals surface area contributed by atoms with Gasteiger partial charge < -0.3 is 15.3 Å². The van der Waals surface area contributed by atoms with E-state index < -0.39 is 0 Å². The molecule has 5 heteroatoms. The van der Waals surface area contributed by atoms with Crippen LogP contribution in [0.25, 0.3) is 0 Å². The van der Waals surface area contributed by atoms with Gasteiger partial charge in [-0.2, -0.15) is 0 Å². The summed E-state index contributed by atoms with van der Waals surface area (Å²) < 4.78 is 0. The summed E-state index contributed by atoms with van der Waals surface area (Å²) in [4.78, 5) is 11.1. The number of nitrogens with one attached hydrogen (secondary N) is 1. The number of hydrogen-bond donors (Lipinski definition) is 2. The van der Waals surface area contributed by atoms with Gasteiger partial charge in [-0.05, 0) is 19.8 Å². The van der Waals surface area contributed by atoms with Gasteiger partial charge in [-0.15, -0.1) is 0 Å². The van der Waals surface area contributed by atoms with E-state index in [-0.39, 0.29) is 6.61 Å². The molecule has 1 saturated carbocycles. The molecule has 94 valence electrons. The molecule has 2 N–H and O–H groups in total. The van der Waals surface area contributed by atoms with Crippen LogP contribution in [0.4, 0.5) is 11.6 Å². The number of likely N-dealkylation sites (N-methyl/N-ethyl adjacent to an activating group) is 1. The fraction of sp³-hybridized carbons (Fsp3) is 0.667. The highest BCUT2D eigenvalue weighted by Gasteiger charge is 2.27. The average Bonchev–Trinajstić information content (AvgIpc) is 3.19. The molecule has 1 aliphatic rings. The second kappa shape index (κ2) is 5.31. The molecule has 1 aliphatic carbocycles. The molecular formula is C12H20N4O. The highest BCUT2D eigenvalue weighted by molar-refractivity contribution is 5.49. The second-order valence-corrected chi connectivity index (χ2v) is 4.30. The van der Waals surface area contributed by atoms with Crippen molar-refractivity contribution in [2.24, 2.45) is 0 Å². The van der Waals surface area contributed by atoms with E-state index in [9.17, 15) is 0 Å². The summed E-state index contributed by atoms with van der Waals surface area (Å²) in [5.74, 6) is 3.23. The second-order valence-electron chi connectivity index (χ2n) is 4.30. The molecule has 1 aromatic rings. The normalized spacial score (nSPS) is 14.8. The third-order valence-corrected chi connectivity index (χ3v) is 3.00. The van der Waals surface area contributed by atoms with Crippen LogP contribution < -0.4 is 10.2 Å². The van der Waals surface area contributed by atoms with E-state index in [2.05, 4.69) is 27.1 Å². The molecule has 0 aromatic carbocycles. The van der Waals surface area contributed by atoms with Gasteiger partial charge in [0.15, 0.2) is 0 Å². The molecule has 0 aliphatic heterocycles. The molecule has 0 amide bonds. The van der Waals surface area contributed by atoms with E-state index >= 15 is 0 Å². The predicted molar refractivity (Wildman–Crippen MR) is 68.5 cm³/mol. The van der Waals surface area contributed by atoms with Gasteiger partial charge in [0.2, 0.25) is 0 Å². The van der Waals surface area contributed by atoms with Gasteiger partial charge >= 0.3 is 0 Å². The smallest absolute Gasteiger partial charge is 0.136 e. The molecule has 0 radical (unpaired) electrons. The van der Waals surface area contributed by atoms with E-state index in [1.54, 1.807) is 0 Å². The van der Waals surface area contributed by atoms with Gasteiger partial charge in [-0.1, -0.05) is 0 Å². The predicted octanol–water partition coefficient (Wildman–Crippen LogP) is 1.21. The van der Waals surface area contributed by atoms with Gasteiger partial charge in [-0.3, -0.25) is 0 Å². The lowest BCUT2D eigenvalue weighted by atomic mass is 10.3. The molecule has 1 fully saturated rings. The highest BCUT2D eigenvalue weighted by Crippen LogP contribution is 2.39. The van der Waals surface area contributed by atoms with E-state index in [1.807, 2.05) is 13.1 Å². The Labute approximate surface area is 102 Å². The summed E-state index contributed by atoms with van der Waals surface area (Å²) in [6, 6.07) is 1.94. The number of aliphatic hydroxyl groups is 1. The summed E-state index contributed by atoms with van der Waals surface area (Å²) in [6.07, 6.45) is 2.39. The van der Waals surface area contributed by atoms with Crippen LogP contribution in [0.2, 0.25) is 0 Å². The van der Waals surface area contributed by atoms with Crippen molar-refractivity contribution < 1.29 is 5.11 Å². The number of rotatable bonds is 6. The van der Waals surface area contributed by atoms with E-state index in [0.717, 1.165) is 24.0 Å². The maximum atomic E-state index is 9.05. The fourth-order valence-corrected chi connectivity index (χ4v) is 1.82. The van der Waals surface area contributed by atoms with Crippen LogP contribution in [0.15, 0.2) is 6.07 Å². The van der Waals surface area contributed by atoms with Crippen molar-refractivity contribution in [3.63, 3.8) is 0 Å². The Morgan fingerprint density at radius 2 is 2.24 bits per heavy atom. The third kappa shape index (κ3) is 2.85. The highest BCUT2D eigenvalue weighted by atomic mass is 16.3. The van der Waals surface area contributed by atoms with Gasteiger partial charge in [0.25, 0.3) is 0 Å². The van der Waals surface area contributed by atoms with E-state index in [1.165, 1.54) is 12.8 Å². The third-order valence-electron chi connectivity index (χ3n) is 3.00. The fourth-order valence-electron chi connectivity index (χ4n) is 1.82. The Bertz CT molecular complexity index is 379. The SMILES string of the molecule is CCN(CCO)c1cc(NC)nc(C2CC2)n1. The zero-order chi connectivity index (χ0) is 12.3. The van der Waals surface area contributed by atoms with Crippen LogP contribution in [0.3, 0.4) is 0 Å². The molecular weight excluding hydrogens is 216 g/mol. The Morgan fingerprint density at radius 1 is 1.47 bits per heavy atom. The molecule has 0 saturated heterocycles. The van der Waals surface area contributed by atoms with Crippen LogP contribution in [0.5, 0.6) is 0 Å². The van der Waals surface area contributed by atoms with Gasteiger partial charge in [-0.25, -0.2) is 9.97 Å². The van der Waals surface area contributed by atoms with E-state index in [4.69, 9.17) is 5.11 Å². The van der Waals surface area contributed by atoms with Crippen LogP contribution in [-0.2, 0) is 0 Å². The summed E-state index contributed by atoms with van der Waals surface area (Å²) in [5, 5.41) is 12.1. The minimum Gasteiger partial charge on any atom is -0.395 e. The first-order valence-corrected chi connectivity index (χ1v) is 6.21. The number of aromatic nitrogens is 2. The minimum absolute atomic E-state index is 0.144. The van der Waals surface area contributed by atoms with Crippen molar-refractivity contribution in [3.8, 4) is 0 Å². The summed E-state index contributed by atoms with van der Waals surface area (Å²) in [7, 11) is 1.87. The largest absolute Gasteiger partial charge is 0.395 e. The van der Waals surface area contributed by atoms with Crippen molar-refractivity contribution in [1.82, 2.24) is 9.97 Å². The van der Waals surface area contributed by atoms with Gasteiger partial charge in [0.05, 0.1) is 6.61 Å². The van der Waals surface area contributed by atoms with Crippen LogP contribution in [0.1, 0.15) is 31.5 Å². The molecule has 5 nitrogen and oxygen atoms in total. The first-order valence-electron chi connectivity index (χ1n) is 6.21. The van der Waals surface area contributed by atoms with Gasteiger partial charge in [0.1, 0.15) is 17.5 Å². The summed E-state index contributed by atoms with van der Waals surface area (Å²) >= 11 is 0. The standard InChI is InChI=1S/C12H20N4O/c1-3-16(6-7-17)11-8-10(13-2)14-12(15-11)9-4-5-9/h8-9,17H,3-7H2,1-2H3,(H,13,14,15). The quantitative estimate of drug-likeness (QED) is 0.777. The first kappa shape index (κ1) is 12.1. The zero-order valence-corrected chi connectivity index (χ0v) is 10.5. The molecule has 1 heterocycles. The molecule has 1 aromatic heterocycles. The zero-order valence-electron chi connectivity index (χ0n) is 10.5. The Hall–Kier alpha value is -1.36. The Kier molecular flexibility index (Phi) is 3.78. The van der Waals surface area contributed by atoms with Crippen LogP contribution in [-0.4, -0.2) is 41.8 Å². The lowest BCUT2D eigenvalue weighted by Crippen LogP contribution is -2.27. The van der Waals surface area contributed by atoms with Gasteiger partial charge in [0, 0.05) is 32.1 Å². The Morgan fingerprint density at radius 3 is 2.76 bits per heavy atom. The molecule has 0 atom stereocenters. The number of nitrogens with zero attached hydrogens (tertiary/aromatic N) is 3. The van der Waals surface area contributed by atoms with Crippen molar-refractivity contribution >= 4 is 11.6 Å². The number of hydrogen-bond acceptors (Lipinski definition) is 5. The topological polar surface area (TPSA) is 61.3 Å². The van der Waals surface area contributed by atoms with Crippen molar-refractivity contribution in [3.05, 3.63) is 11.9 Å². The van der Waals surface area contributed by atoms with E-state index in [0.29, 0.717) is 12.5 Å².